The molecule has 0 aromatic heterocycles. The van der Waals surface area contributed by atoms with Gasteiger partial charge in [-0.3, -0.25) is 0 Å². The van der Waals surface area contributed by atoms with Crippen LogP contribution in [0.1, 0.15) is 29.9 Å². The van der Waals surface area contributed by atoms with Crippen molar-refractivity contribution in [1.82, 2.24) is 0 Å². The van der Waals surface area contributed by atoms with Gasteiger partial charge in [-0.1, -0.05) is 48.5 Å². The smallest absolute Gasteiger partial charge is 0.0575 e. The predicted molar refractivity (Wildman–Crippen MR) is 80.9 cm³/mol. The van der Waals surface area contributed by atoms with Crippen LogP contribution < -0.4 is 0 Å². The third kappa shape index (κ3) is 2.49. The van der Waals surface area contributed by atoms with Gasteiger partial charge in [0.1, 0.15) is 0 Å². The first-order chi connectivity index (χ1) is 9.92. The van der Waals surface area contributed by atoms with Crippen molar-refractivity contribution >= 4 is 0 Å². The van der Waals surface area contributed by atoms with E-state index in [9.17, 15) is 0 Å². The van der Waals surface area contributed by atoms with Gasteiger partial charge in [0.05, 0.1) is 6.61 Å². The third-order valence-electron chi connectivity index (χ3n) is 3.94. The van der Waals surface area contributed by atoms with Crippen molar-refractivity contribution in [2.45, 2.75) is 18.8 Å². The van der Waals surface area contributed by atoms with Gasteiger partial charge in [-0.25, -0.2) is 0 Å². The van der Waals surface area contributed by atoms with Crippen molar-refractivity contribution in [3.8, 4) is 11.1 Å². The van der Waals surface area contributed by atoms with Gasteiger partial charge >= 0.3 is 0 Å². The van der Waals surface area contributed by atoms with E-state index in [4.69, 9.17) is 9.84 Å². The lowest BCUT2D eigenvalue weighted by Crippen LogP contribution is -2.08. The highest BCUT2D eigenvalue weighted by atomic mass is 16.5. The van der Waals surface area contributed by atoms with Crippen LogP contribution in [-0.2, 0) is 4.74 Å². The Labute approximate surface area is 120 Å². The molecule has 0 saturated carbocycles. The minimum atomic E-state index is 0.248. The van der Waals surface area contributed by atoms with E-state index in [1.165, 1.54) is 22.3 Å². The lowest BCUT2D eigenvalue weighted by atomic mass is 9.98. The molecule has 2 aromatic carbocycles. The average molecular weight is 268 g/mol. The highest BCUT2D eigenvalue weighted by Gasteiger charge is 2.27. The minimum Gasteiger partial charge on any atom is -0.396 e. The van der Waals surface area contributed by atoms with Crippen LogP contribution in [0.15, 0.2) is 48.5 Å². The second kappa shape index (κ2) is 6.21. The molecular weight excluding hydrogens is 248 g/mol. The Kier molecular flexibility index (Phi) is 4.14. The molecule has 0 bridgehead atoms. The van der Waals surface area contributed by atoms with Gasteiger partial charge in [0.2, 0.25) is 0 Å². The molecule has 2 heteroatoms. The van der Waals surface area contributed by atoms with Gasteiger partial charge in [-0.05, 0) is 35.1 Å². The number of aliphatic hydroxyl groups is 1. The fourth-order valence-electron chi connectivity index (χ4n) is 2.96. The number of aliphatic hydroxyl groups excluding tert-OH is 1. The quantitative estimate of drug-likeness (QED) is 0.811. The summed E-state index contributed by atoms with van der Waals surface area (Å²) < 4.78 is 5.82. The summed E-state index contributed by atoms with van der Waals surface area (Å²) in [6.07, 6.45) is 1.74. The molecule has 20 heavy (non-hydrogen) atoms. The van der Waals surface area contributed by atoms with E-state index in [2.05, 4.69) is 48.5 Å². The molecule has 2 nitrogen and oxygen atoms in total. The Morgan fingerprint density at radius 2 is 1.45 bits per heavy atom. The summed E-state index contributed by atoms with van der Waals surface area (Å²) in [6, 6.07) is 17.2. The van der Waals surface area contributed by atoms with Crippen molar-refractivity contribution in [3.63, 3.8) is 0 Å². The lowest BCUT2D eigenvalue weighted by Gasteiger charge is -2.14. The molecule has 1 N–H and O–H groups in total. The molecule has 104 valence electrons. The predicted octanol–water partition coefficient (Wildman–Crippen LogP) is 3.59. The van der Waals surface area contributed by atoms with Crippen molar-refractivity contribution in [1.29, 1.82) is 0 Å². The van der Waals surface area contributed by atoms with Crippen molar-refractivity contribution in [2.75, 3.05) is 19.8 Å². The minimum absolute atomic E-state index is 0.248. The zero-order valence-electron chi connectivity index (χ0n) is 11.6. The van der Waals surface area contributed by atoms with Crippen LogP contribution in [0, 0.1) is 0 Å². The molecule has 3 rings (SSSR count). The Hall–Kier alpha value is -1.64. The molecule has 0 heterocycles. The summed E-state index contributed by atoms with van der Waals surface area (Å²) in [4.78, 5) is 0. The molecule has 1 aliphatic carbocycles. The number of hydrogen-bond acceptors (Lipinski definition) is 2. The molecule has 0 radical (unpaired) electrons. The van der Waals surface area contributed by atoms with Crippen LogP contribution in [-0.4, -0.2) is 24.9 Å². The van der Waals surface area contributed by atoms with Crippen molar-refractivity contribution in [2.24, 2.45) is 0 Å². The van der Waals surface area contributed by atoms with Crippen LogP contribution in [0.5, 0.6) is 0 Å². The van der Waals surface area contributed by atoms with Crippen LogP contribution in [0.4, 0.5) is 0 Å². The topological polar surface area (TPSA) is 29.5 Å². The molecule has 1 aliphatic rings. The molecule has 0 aliphatic heterocycles. The van der Waals surface area contributed by atoms with E-state index >= 15 is 0 Å². The third-order valence-corrected chi connectivity index (χ3v) is 3.94. The van der Waals surface area contributed by atoms with Crippen molar-refractivity contribution < 1.29 is 9.84 Å². The summed E-state index contributed by atoms with van der Waals surface area (Å²) in [6.45, 7) is 1.69. The largest absolute Gasteiger partial charge is 0.396 e. The normalized spacial score (nSPS) is 13.2. The van der Waals surface area contributed by atoms with Gasteiger partial charge in [0.15, 0.2) is 0 Å². The van der Waals surface area contributed by atoms with Gasteiger partial charge < -0.3 is 9.84 Å². The lowest BCUT2D eigenvalue weighted by molar-refractivity contribution is 0.119. The number of rotatable bonds is 6. The van der Waals surface area contributed by atoms with E-state index in [0.717, 1.165) is 26.1 Å². The van der Waals surface area contributed by atoms with Gasteiger partial charge in [-0.2, -0.15) is 0 Å². The summed E-state index contributed by atoms with van der Waals surface area (Å²) in [5, 5.41) is 8.78. The molecule has 0 amide bonds. The Bertz CT molecular complexity index is 532. The second-order valence-corrected chi connectivity index (χ2v) is 5.23. The maximum atomic E-state index is 8.78. The van der Waals surface area contributed by atoms with Crippen molar-refractivity contribution in [3.05, 3.63) is 59.7 Å². The monoisotopic (exact) mass is 268 g/mol. The first-order valence-electron chi connectivity index (χ1n) is 7.28. The Morgan fingerprint density at radius 1 is 0.850 bits per heavy atom. The summed E-state index contributed by atoms with van der Waals surface area (Å²) in [5.74, 6) is 0.344. The van der Waals surface area contributed by atoms with Gasteiger partial charge in [0, 0.05) is 19.1 Å². The fraction of sp³-hybridized carbons (Fsp3) is 0.333. The number of unbranched alkanes of at least 4 members (excludes halogenated alkanes) is 1. The van der Waals surface area contributed by atoms with Crippen LogP contribution in [0.25, 0.3) is 11.1 Å². The van der Waals surface area contributed by atoms with Crippen LogP contribution in [0.3, 0.4) is 0 Å². The van der Waals surface area contributed by atoms with E-state index in [1.807, 2.05) is 0 Å². The first kappa shape index (κ1) is 13.3. The molecule has 0 saturated heterocycles. The number of hydrogen-bond donors (Lipinski definition) is 1. The zero-order chi connectivity index (χ0) is 13.8. The van der Waals surface area contributed by atoms with E-state index in [0.29, 0.717) is 5.92 Å². The highest BCUT2D eigenvalue weighted by molar-refractivity contribution is 5.78. The van der Waals surface area contributed by atoms with Gasteiger partial charge in [0.25, 0.3) is 0 Å². The molecular formula is C18H20O2. The number of ether oxygens (including phenoxy) is 1. The van der Waals surface area contributed by atoms with Crippen LogP contribution >= 0.6 is 0 Å². The maximum Gasteiger partial charge on any atom is 0.0575 e. The number of fused-ring (bicyclic) bond motifs is 3. The fourth-order valence-corrected chi connectivity index (χ4v) is 2.96. The Morgan fingerprint density at radius 3 is 2.05 bits per heavy atom. The zero-order valence-corrected chi connectivity index (χ0v) is 11.6. The van der Waals surface area contributed by atoms with Crippen LogP contribution in [0.2, 0.25) is 0 Å². The van der Waals surface area contributed by atoms with E-state index < -0.39 is 0 Å². The summed E-state index contributed by atoms with van der Waals surface area (Å²) >= 11 is 0. The summed E-state index contributed by atoms with van der Waals surface area (Å²) in [5.41, 5.74) is 5.42. The molecule has 0 spiro atoms. The van der Waals surface area contributed by atoms with E-state index in [-0.39, 0.29) is 6.61 Å². The SMILES string of the molecule is OCCCCOCC1c2ccccc2-c2ccccc21. The Balaban J connectivity index is 1.77. The second-order valence-electron chi connectivity index (χ2n) is 5.23. The molecule has 0 atom stereocenters. The standard InChI is InChI=1S/C18H20O2/c19-11-5-6-12-20-13-18-16-9-3-1-7-14(16)15-8-2-4-10-17(15)18/h1-4,7-10,18-19H,5-6,11-13H2. The van der Waals surface area contributed by atoms with E-state index in [1.54, 1.807) is 0 Å². The average Bonchev–Trinajstić information content (AvgIpc) is 2.82. The molecule has 0 fully saturated rings. The summed E-state index contributed by atoms with van der Waals surface area (Å²) in [7, 11) is 0. The molecule has 0 unspecified atom stereocenters. The molecule has 2 aromatic rings. The first-order valence-corrected chi connectivity index (χ1v) is 7.28. The van der Waals surface area contributed by atoms with Gasteiger partial charge in [-0.15, -0.1) is 0 Å². The maximum absolute atomic E-state index is 8.78. The number of benzene rings is 2. The highest BCUT2D eigenvalue weighted by Crippen LogP contribution is 2.44.